The van der Waals surface area contributed by atoms with Crippen LogP contribution in [0.2, 0.25) is 0 Å². The summed E-state index contributed by atoms with van der Waals surface area (Å²) in [7, 11) is -2.07. The maximum Gasteiger partial charge on any atom is 0.251 e. The lowest BCUT2D eigenvalue weighted by atomic mass is 9.97. The molecule has 0 saturated heterocycles. The Hall–Kier alpha value is -1.66. The van der Waals surface area contributed by atoms with Crippen LogP contribution < -0.4 is 10.0 Å². The van der Waals surface area contributed by atoms with Gasteiger partial charge in [0.25, 0.3) is 5.91 Å². The number of rotatable bonds is 6. The summed E-state index contributed by atoms with van der Waals surface area (Å²) in [4.78, 5) is 11.9. The Labute approximate surface area is 138 Å². The molecule has 0 unspecified atom stereocenters. The lowest BCUT2D eigenvalue weighted by molar-refractivity contribution is 0.0962. The van der Waals surface area contributed by atoms with Gasteiger partial charge in [-0.1, -0.05) is 17.7 Å². The van der Waals surface area contributed by atoms with Crippen LogP contribution in [0.4, 0.5) is 0 Å². The third-order valence-electron chi connectivity index (χ3n) is 4.11. The molecule has 2 rings (SSSR count). The molecule has 5 nitrogen and oxygen atoms in total. The topological polar surface area (TPSA) is 75.3 Å². The minimum absolute atomic E-state index is 0.124. The molecule has 1 aromatic rings. The van der Waals surface area contributed by atoms with E-state index in [0.717, 1.165) is 24.8 Å². The summed E-state index contributed by atoms with van der Waals surface area (Å²) < 4.78 is 27.4. The van der Waals surface area contributed by atoms with Crippen molar-refractivity contribution in [2.45, 2.75) is 43.9 Å². The smallest absolute Gasteiger partial charge is 0.251 e. The number of hydrogen-bond donors (Lipinski definition) is 2. The van der Waals surface area contributed by atoms with Crippen LogP contribution in [0.1, 0.15) is 48.0 Å². The number of nitrogens with one attached hydrogen (secondary N) is 2. The molecule has 1 amide bonds. The predicted octanol–water partition coefficient (Wildman–Crippen LogP) is 2.52. The van der Waals surface area contributed by atoms with Gasteiger partial charge in [-0.3, -0.25) is 4.79 Å². The summed E-state index contributed by atoms with van der Waals surface area (Å²) in [6.07, 6.45) is 7.52. The lowest BCUT2D eigenvalue weighted by Gasteiger charge is -2.13. The van der Waals surface area contributed by atoms with Crippen molar-refractivity contribution < 1.29 is 13.2 Å². The highest BCUT2D eigenvalue weighted by molar-refractivity contribution is 7.89. The zero-order chi connectivity index (χ0) is 16.9. The third-order valence-corrected chi connectivity index (χ3v) is 5.57. The van der Waals surface area contributed by atoms with Crippen LogP contribution in [-0.2, 0) is 10.0 Å². The quantitative estimate of drug-likeness (QED) is 0.784. The van der Waals surface area contributed by atoms with E-state index in [4.69, 9.17) is 0 Å². The molecule has 0 atom stereocenters. The Morgan fingerprint density at radius 1 is 1.26 bits per heavy atom. The number of hydrogen-bond acceptors (Lipinski definition) is 3. The maximum absolute atomic E-state index is 12.4. The van der Waals surface area contributed by atoms with Gasteiger partial charge in [-0.2, -0.15) is 0 Å². The van der Waals surface area contributed by atoms with Gasteiger partial charge in [0, 0.05) is 19.2 Å². The molecule has 0 heterocycles. The molecule has 0 radical (unpaired) electrons. The molecular weight excluding hydrogens is 312 g/mol. The summed E-state index contributed by atoms with van der Waals surface area (Å²) in [5, 5.41) is 2.53. The predicted molar refractivity (Wildman–Crippen MR) is 90.9 cm³/mol. The summed E-state index contributed by atoms with van der Waals surface area (Å²) in [5.74, 6) is -0.285. The number of allylic oxidation sites excluding steroid dienone is 1. The lowest BCUT2D eigenvalue weighted by Crippen LogP contribution is -2.26. The third kappa shape index (κ3) is 4.65. The van der Waals surface area contributed by atoms with E-state index in [-0.39, 0.29) is 10.8 Å². The molecule has 0 aromatic heterocycles. The number of aryl methyl sites for hydroxylation is 1. The summed E-state index contributed by atoms with van der Waals surface area (Å²) in [6, 6.07) is 4.61. The average molecular weight is 336 g/mol. The Morgan fingerprint density at radius 2 is 2.04 bits per heavy atom. The summed E-state index contributed by atoms with van der Waals surface area (Å²) >= 11 is 0. The van der Waals surface area contributed by atoms with Crippen molar-refractivity contribution in [2.24, 2.45) is 0 Å². The SMILES string of the molecule is CNC(=O)c1cc(S(=O)(=O)NCCC2=CCCCC2)ccc1C. The molecule has 0 fully saturated rings. The highest BCUT2D eigenvalue weighted by Crippen LogP contribution is 2.20. The van der Waals surface area contributed by atoms with E-state index in [0.29, 0.717) is 12.1 Å². The Kier molecular flexibility index (Phi) is 5.96. The first-order valence-corrected chi connectivity index (χ1v) is 9.42. The van der Waals surface area contributed by atoms with Gasteiger partial charge in [0.2, 0.25) is 10.0 Å². The Balaban J connectivity index is 2.07. The zero-order valence-electron chi connectivity index (χ0n) is 13.7. The molecule has 0 spiro atoms. The van der Waals surface area contributed by atoms with Crippen LogP contribution >= 0.6 is 0 Å². The standard InChI is InChI=1S/C17H24N2O3S/c1-13-8-9-15(12-16(13)17(20)18-2)23(21,22)19-11-10-14-6-4-3-5-7-14/h6,8-9,12,19H,3-5,7,10-11H2,1-2H3,(H,18,20). The van der Waals surface area contributed by atoms with Gasteiger partial charge in [0.15, 0.2) is 0 Å². The van der Waals surface area contributed by atoms with E-state index < -0.39 is 10.0 Å². The maximum atomic E-state index is 12.4. The van der Waals surface area contributed by atoms with Crippen molar-refractivity contribution in [3.63, 3.8) is 0 Å². The summed E-state index contributed by atoms with van der Waals surface area (Å²) in [6.45, 7) is 2.17. The molecule has 23 heavy (non-hydrogen) atoms. The van der Waals surface area contributed by atoms with E-state index in [9.17, 15) is 13.2 Å². The molecule has 2 N–H and O–H groups in total. The van der Waals surface area contributed by atoms with Gasteiger partial charge in [-0.05, 0) is 56.7 Å². The fourth-order valence-electron chi connectivity index (χ4n) is 2.71. The molecule has 1 aliphatic rings. The normalized spacial score (nSPS) is 15.1. The monoisotopic (exact) mass is 336 g/mol. The van der Waals surface area contributed by atoms with Crippen molar-refractivity contribution in [1.82, 2.24) is 10.0 Å². The fourth-order valence-corrected chi connectivity index (χ4v) is 3.77. The van der Waals surface area contributed by atoms with Crippen LogP contribution in [0.5, 0.6) is 0 Å². The number of sulfonamides is 1. The highest BCUT2D eigenvalue weighted by atomic mass is 32.2. The van der Waals surface area contributed by atoms with Crippen LogP contribution in [0, 0.1) is 6.92 Å². The molecule has 1 aliphatic carbocycles. The second kappa shape index (κ2) is 7.75. The van der Waals surface area contributed by atoms with E-state index in [2.05, 4.69) is 16.1 Å². The fraction of sp³-hybridized carbons (Fsp3) is 0.471. The van der Waals surface area contributed by atoms with Crippen molar-refractivity contribution >= 4 is 15.9 Å². The van der Waals surface area contributed by atoms with E-state index in [1.165, 1.54) is 37.6 Å². The van der Waals surface area contributed by atoms with Crippen molar-refractivity contribution in [3.8, 4) is 0 Å². The molecule has 0 saturated carbocycles. The van der Waals surface area contributed by atoms with Crippen LogP contribution in [0.15, 0.2) is 34.7 Å². The van der Waals surface area contributed by atoms with Gasteiger partial charge in [-0.15, -0.1) is 0 Å². The van der Waals surface area contributed by atoms with Crippen molar-refractivity contribution in [1.29, 1.82) is 0 Å². The van der Waals surface area contributed by atoms with Crippen molar-refractivity contribution in [2.75, 3.05) is 13.6 Å². The van der Waals surface area contributed by atoms with Gasteiger partial charge >= 0.3 is 0 Å². The second-order valence-electron chi connectivity index (χ2n) is 5.81. The van der Waals surface area contributed by atoms with E-state index in [1.807, 2.05) is 0 Å². The number of carbonyl (C=O) groups excluding carboxylic acids is 1. The van der Waals surface area contributed by atoms with Gasteiger partial charge in [0.05, 0.1) is 4.90 Å². The summed E-state index contributed by atoms with van der Waals surface area (Å²) in [5.41, 5.74) is 2.45. The van der Waals surface area contributed by atoms with Gasteiger partial charge in [0.1, 0.15) is 0 Å². The number of carbonyl (C=O) groups is 1. The number of amides is 1. The minimum Gasteiger partial charge on any atom is -0.355 e. The molecule has 0 aliphatic heterocycles. The van der Waals surface area contributed by atoms with E-state index in [1.54, 1.807) is 13.0 Å². The van der Waals surface area contributed by atoms with Gasteiger partial charge in [-0.25, -0.2) is 13.1 Å². The minimum atomic E-state index is -3.60. The first-order valence-electron chi connectivity index (χ1n) is 7.94. The van der Waals surface area contributed by atoms with Crippen LogP contribution in [0.3, 0.4) is 0 Å². The largest absolute Gasteiger partial charge is 0.355 e. The second-order valence-corrected chi connectivity index (χ2v) is 7.58. The van der Waals surface area contributed by atoms with E-state index >= 15 is 0 Å². The first kappa shape index (κ1) is 17.7. The first-order chi connectivity index (χ1) is 10.9. The van der Waals surface area contributed by atoms with Gasteiger partial charge < -0.3 is 5.32 Å². The van der Waals surface area contributed by atoms with Crippen LogP contribution in [0.25, 0.3) is 0 Å². The zero-order valence-corrected chi connectivity index (χ0v) is 14.5. The highest BCUT2D eigenvalue weighted by Gasteiger charge is 2.17. The average Bonchev–Trinajstić information content (AvgIpc) is 2.55. The van der Waals surface area contributed by atoms with Crippen molar-refractivity contribution in [3.05, 3.63) is 41.0 Å². The molecule has 6 heteroatoms. The number of benzene rings is 1. The molecular formula is C17H24N2O3S. The molecule has 126 valence electrons. The Bertz CT molecular complexity index is 709. The Morgan fingerprint density at radius 3 is 2.70 bits per heavy atom. The van der Waals surface area contributed by atoms with Crippen LogP contribution in [-0.4, -0.2) is 27.9 Å². The molecule has 1 aromatic carbocycles. The molecule has 0 bridgehead atoms.